The van der Waals surface area contributed by atoms with Crippen molar-refractivity contribution < 1.29 is 9.53 Å². The average Bonchev–Trinajstić information content (AvgIpc) is 2.44. The number of carbonyl (C=O) groups is 1. The molecule has 0 aliphatic carbocycles. The van der Waals surface area contributed by atoms with Gasteiger partial charge in [0.1, 0.15) is 0 Å². The molecule has 1 amide bonds. The maximum absolute atomic E-state index is 12.7. The number of aryl methyl sites for hydroxylation is 1. The number of hydrogen-bond acceptors (Lipinski definition) is 4. The molecule has 0 aliphatic rings. The lowest BCUT2D eigenvalue weighted by Gasteiger charge is -2.24. The summed E-state index contributed by atoms with van der Waals surface area (Å²) in [6.07, 6.45) is 0.925. The first-order chi connectivity index (χ1) is 9.95. The van der Waals surface area contributed by atoms with Gasteiger partial charge in [-0.3, -0.25) is 4.79 Å². The first-order valence-electron chi connectivity index (χ1n) is 7.24. The smallest absolute Gasteiger partial charge is 0.256 e. The van der Waals surface area contributed by atoms with Crippen LogP contribution < -0.4 is 5.73 Å². The molecule has 0 unspecified atom stereocenters. The van der Waals surface area contributed by atoms with Crippen molar-refractivity contribution in [3.05, 3.63) is 29.3 Å². The third-order valence-corrected chi connectivity index (χ3v) is 3.33. The number of nitrogens with two attached hydrogens (primary N) is 1. The number of amides is 1. The summed E-state index contributed by atoms with van der Waals surface area (Å²) in [7, 11) is 5.70. The van der Waals surface area contributed by atoms with Gasteiger partial charge in [-0.05, 0) is 46.1 Å². The first kappa shape index (κ1) is 17.5. The minimum absolute atomic E-state index is 0.0213. The minimum atomic E-state index is -0.0213. The molecule has 5 nitrogen and oxygen atoms in total. The highest BCUT2D eigenvalue weighted by Crippen LogP contribution is 2.16. The maximum atomic E-state index is 12.7. The molecule has 1 aromatic rings. The van der Waals surface area contributed by atoms with Crippen molar-refractivity contribution >= 4 is 11.6 Å². The van der Waals surface area contributed by atoms with Gasteiger partial charge in [0.15, 0.2) is 0 Å². The highest BCUT2D eigenvalue weighted by atomic mass is 16.5. The van der Waals surface area contributed by atoms with Gasteiger partial charge in [0, 0.05) is 25.9 Å². The zero-order chi connectivity index (χ0) is 15.8. The van der Waals surface area contributed by atoms with E-state index in [-0.39, 0.29) is 5.91 Å². The van der Waals surface area contributed by atoms with Gasteiger partial charge < -0.3 is 20.3 Å². The predicted octanol–water partition coefficient (Wildman–Crippen LogP) is 1.62. The van der Waals surface area contributed by atoms with Crippen LogP contribution in [0.5, 0.6) is 0 Å². The predicted molar refractivity (Wildman–Crippen MR) is 86.5 cm³/mol. The molecule has 0 fully saturated rings. The van der Waals surface area contributed by atoms with Gasteiger partial charge >= 0.3 is 0 Å². The van der Waals surface area contributed by atoms with Gasteiger partial charge in [0.05, 0.1) is 12.2 Å². The van der Waals surface area contributed by atoms with E-state index in [0.29, 0.717) is 30.9 Å². The molecule has 1 aromatic carbocycles. The fourth-order valence-electron chi connectivity index (χ4n) is 2.12. The highest BCUT2D eigenvalue weighted by molar-refractivity contribution is 5.99. The van der Waals surface area contributed by atoms with E-state index in [2.05, 4.69) is 4.90 Å². The SMILES string of the molecule is COCCN(CCCN(C)C)C(=O)c1cc(C)ccc1N. The van der Waals surface area contributed by atoms with Crippen molar-refractivity contribution in [2.45, 2.75) is 13.3 Å². The summed E-state index contributed by atoms with van der Waals surface area (Å²) in [6.45, 7) is 4.71. The number of nitrogen functional groups attached to an aromatic ring is 1. The van der Waals surface area contributed by atoms with Crippen LogP contribution in [0.25, 0.3) is 0 Å². The summed E-state index contributed by atoms with van der Waals surface area (Å²) in [4.78, 5) is 16.6. The molecule has 0 atom stereocenters. The van der Waals surface area contributed by atoms with E-state index in [4.69, 9.17) is 10.5 Å². The Labute approximate surface area is 127 Å². The van der Waals surface area contributed by atoms with Gasteiger partial charge in [-0.1, -0.05) is 11.6 Å². The summed E-state index contributed by atoms with van der Waals surface area (Å²) in [5, 5.41) is 0. The monoisotopic (exact) mass is 293 g/mol. The molecule has 0 saturated heterocycles. The molecule has 2 N–H and O–H groups in total. The second kappa shape index (κ2) is 8.64. The Balaban J connectivity index is 2.80. The number of methoxy groups -OCH3 is 1. The quantitative estimate of drug-likeness (QED) is 0.740. The Morgan fingerprint density at radius 2 is 1.95 bits per heavy atom. The molecule has 0 aromatic heterocycles. The van der Waals surface area contributed by atoms with Crippen molar-refractivity contribution in [1.82, 2.24) is 9.80 Å². The lowest BCUT2D eigenvalue weighted by molar-refractivity contribution is 0.0690. The molecular weight excluding hydrogens is 266 g/mol. The zero-order valence-electron chi connectivity index (χ0n) is 13.6. The second-order valence-electron chi connectivity index (χ2n) is 5.53. The molecule has 21 heavy (non-hydrogen) atoms. The second-order valence-corrected chi connectivity index (χ2v) is 5.53. The summed E-state index contributed by atoms with van der Waals surface area (Å²) in [6, 6.07) is 5.55. The summed E-state index contributed by atoms with van der Waals surface area (Å²) >= 11 is 0. The van der Waals surface area contributed by atoms with E-state index in [1.165, 1.54) is 0 Å². The van der Waals surface area contributed by atoms with E-state index in [0.717, 1.165) is 18.5 Å². The van der Waals surface area contributed by atoms with E-state index >= 15 is 0 Å². The summed E-state index contributed by atoms with van der Waals surface area (Å²) in [5.74, 6) is -0.0213. The Kier molecular flexibility index (Phi) is 7.19. The van der Waals surface area contributed by atoms with Crippen LogP contribution in [-0.2, 0) is 4.74 Å². The number of ether oxygens (including phenoxy) is 1. The van der Waals surface area contributed by atoms with E-state index in [1.54, 1.807) is 13.2 Å². The third-order valence-electron chi connectivity index (χ3n) is 3.33. The van der Waals surface area contributed by atoms with E-state index in [1.807, 2.05) is 38.1 Å². The molecule has 0 spiro atoms. The zero-order valence-corrected chi connectivity index (χ0v) is 13.6. The van der Waals surface area contributed by atoms with Crippen molar-refractivity contribution in [3.8, 4) is 0 Å². The average molecular weight is 293 g/mol. The van der Waals surface area contributed by atoms with Crippen LogP contribution >= 0.6 is 0 Å². The maximum Gasteiger partial charge on any atom is 0.256 e. The normalized spacial score (nSPS) is 10.9. The van der Waals surface area contributed by atoms with Gasteiger partial charge in [-0.25, -0.2) is 0 Å². The number of rotatable bonds is 8. The summed E-state index contributed by atoms with van der Waals surface area (Å²) in [5.41, 5.74) is 8.09. The van der Waals surface area contributed by atoms with Crippen LogP contribution in [0.2, 0.25) is 0 Å². The molecular formula is C16H27N3O2. The lowest BCUT2D eigenvalue weighted by Crippen LogP contribution is -2.36. The fraction of sp³-hybridized carbons (Fsp3) is 0.562. The first-order valence-corrected chi connectivity index (χ1v) is 7.24. The molecule has 0 radical (unpaired) electrons. The molecule has 0 aliphatic heterocycles. The largest absolute Gasteiger partial charge is 0.398 e. The number of anilines is 1. The van der Waals surface area contributed by atoms with Gasteiger partial charge in [0.2, 0.25) is 0 Å². The Morgan fingerprint density at radius 1 is 1.24 bits per heavy atom. The fourth-order valence-corrected chi connectivity index (χ4v) is 2.12. The Morgan fingerprint density at radius 3 is 2.57 bits per heavy atom. The van der Waals surface area contributed by atoms with Crippen molar-refractivity contribution in [2.24, 2.45) is 0 Å². The van der Waals surface area contributed by atoms with Gasteiger partial charge in [-0.2, -0.15) is 0 Å². The van der Waals surface area contributed by atoms with Crippen molar-refractivity contribution in [3.63, 3.8) is 0 Å². The summed E-state index contributed by atoms with van der Waals surface area (Å²) < 4.78 is 5.10. The third kappa shape index (κ3) is 5.73. The van der Waals surface area contributed by atoms with Crippen molar-refractivity contribution in [2.75, 3.05) is 53.2 Å². The molecule has 5 heteroatoms. The van der Waals surface area contributed by atoms with Crippen LogP contribution in [0.15, 0.2) is 18.2 Å². The van der Waals surface area contributed by atoms with Crippen LogP contribution in [-0.4, -0.2) is 63.2 Å². The highest BCUT2D eigenvalue weighted by Gasteiger charge is 2.17. The van der Waals surface area contributed by atoms with Crippen LogP contribution in [0, 0.1) is 6.92 Å². The van der Waals surface area contributed by atoms with Crippen molar-refractivity contribution in [1.29, 1.82) is 0 Å². The number of benzene rings is 1. The Hall–Kier alpha value is -1.59. The number of carbonyl (C=O) groups excluding carboxylic acids is 1. The Bertz CT molecular complexity index is 461. The topological polar surface area (TPSA) is 58.8 Å². The van der Waals surface area contributed by atoms with Gasteiger partial charge in [-0.15, -0.1) is 0 Å². The molecule has 118 valence electrons. The molecule has 0 bridgehead atoms. The molecule has 1 rings (SSSR count). The number of nitrogens with zero attached hydrogens (tertiary/aromatic N) is 2. The van der Waals surface area contributed by atoms with Crippen LogP contribution in [0.1, 0.15) is 22.3 Å². The van der Waals surface area contributed by atoms with Crippen LogP contribution in [0.3, 0.4) is 0 Å². The van der Waals surface area contributed by atoms with E-state index in [9.17, 15) is 4.79 Å². The van der Waals surface area contributed by atoms with Crippen LogP contribution in [0.4, 0.5) is 5.69 Å². The van der Waals surface area contributed by atoms with E-state index < -0.39 is 0 Å². The minimum Gasteiger partial charge on any atom is -0.398 e. The standard InChI is InChI=1S/C16H27N3O2/c1-13-6-7-15(17)14(12-13)16(20)19(10-11-21-4)9-5-8-18(2)3/h6-7,12H,5,8-11,17H2,1-4H3. The molecule has 0 heterocycles. The lowest BCUT2D eigenvalue weighted by atomic mass is 10.1. The number of hydrogen-bond donors (Lipinski definition) is 1. The van der Waals surface area contributed by atoms with Gasteiger partial charge in [0.25, 0.3) is 5.91 Å². The molecule has 0 saturated carbocycles.